The van der Waals surface area contributed by atoms with E-state index in [2.05, 4.69) is 26.5 Å². The summed E-state index contributed by atoms with van der Waals surface area (Å²) in [6.07, 6.45) is 9.32. The van der Waals surface area contributed by atoms with E-state index < -0.39 is 14.4 Å². The van der Waals surface area contributed by atoms with Crippen LogP contribution in [0.4, 0.5) is 0 Å². The highest BCUT2D eigenvalue weighted by Crippen LogP contribution is 2.25. The second-order valence-corrected chi connectivity index (χ2v) is 9.15. The molecule has 0 aromatic heterocycles. The van der Waals surface area contributed by atoms with Gasteiger partial charge < -0.3 is 0 Å². The SMILES string of the molecule is C=C(C=CC(SC)S(=O)(=O)c1ccc(C)cc1)CCC=C(C)C. The van der Waals surface area contributed by atoms with E-state index in [1.807, 2.05) is 31.4 Å². The van der Waals surface area contributed by atoms with E-state index in [1.165, 1.54) is 17.3 Å². The van der Waals surface area contributed by atoms with Gasteiger partial charge in [0.1, 0.15) is 4.58 Å². The molecule has 1 atom stereocenters. The number of thioether (sulfide) groups is 1. The van der Waals surface area contributed by atoms with Crippen LogP contribution in [0.1, 0.15) is 32.3 Å². The minimum Gasteiger partial charge on any atom is -0.222 e. The number of rotatable bonds is 8. The van der Waals surface area contributed by atoms with Gasteiger partial charge in [-0.25, -0.2) is 8.42 Å². The predicted molar refractivity (Wildman–Crippen MR) is 103 cm³/mol. The van der Waals surface area contributed by atoms with Gasteiger partial charge >= 0.3 is 0 Å². The molecule has 0 radical (unpaired) electrons. The Morgan fingerprint density at radius 2 is 1.87 bits per heavy atom. The van der Waals surface area contributed by atoms with Crippen LogP contribution in [-0.2, 0) is 9.84 Å². The van der Waals surface area contributed by atoms with Gasteiger partial charge in [0.15, 0.2) is 9.84 Å². The van der Waals surface area contributed by atoms with E-state index in [9.17, 15) is 8.42 Å². The van der Waals surface area contributed by atoms with Crippen molar-refractivity contribution in [3.05, 3.63) is 65.8 Å². The van der Waals surface area contributed by atoms with E-state index in [0.717, 1.165) is 24.0 Å². The number of benzene rings is 1. The Balaban J connectivity index is 2.83. The minimum atomic E-state index is -3.37. The van der Waals surface area contributed by atoms with Crippen molar-refractivity contribution in [1.82, 2.24) is 0 Å². The molecule has 0 heterocycles. The van der Waals surface area contributed by atoms with Crippen LogP contribution in [0.3, 0.4) is 0 Å². The zero-order valence-corrected chi connectivity index (χ0v) is 16.0. The van der Waals surface area contributed by atoms with Gasteiger partial charge in [0.25, 0.3) is 0 Å². The number of aryl methyl sites for hydroxylation is 1. The van der Waals surface area contributed by atoms with Crippen LogP contribution in [0.2, 0.25) is 0 Å². The molecule has 0 aliphatic rings. The average Bonchev–Trinajstić information content (AvgIpc) is 2.47. The van der Waals surface area contributed by atoms with Crippen LogP contribution in [0, 0.1) is 6.92 Å². The molecule has 0 saturated carbocycles. The highest BCUT2D eigenvalue weighted by atomic mass is 32.3. The van der Waals surface area contributed by atoms with Gasteiger partial charge in [-0.1, -0.05) is 53.6 Å². The smallest absolute Gasteiger partial charge is 0.194 e. The molecule has 0 N–H and O–H groups in total. The van der Waals surface area contributed by atoms with Crippen LogP contribution in [-0.4, -0.2) is 19.3 Å². The number of hydrogen-bond acceptors (Lipinski definition) is 3. The molecule has 1 aromatic carbocycles. The largest absolute Gasteiger partial charge is 0.222 e. The summed E-state index contributed by atoms with van der Waals surface area (Å²) in [6.45, 7) is 10.1. The van der Waals surface area contributed by atoms with Crippen molar-refractivity contribution in [2.45, 2.75) is 43.1 Å². The molecule has 1 unspecified atom stereocenters. The standard InChI is InChI=1S/C19H26O2S2/c1-15(2)7-6-8-16(3)11-14-19(22-5)23(20,21)18-12-9-17(4)10-13-18/h7,9-14,19H,3,6,8H2,1-2,4-5H3. The van der Waals surface area contributed by atoms with Gasteiger partial charge in [-0.15, -0.1) is 11.8 Å². The molecule has 4 heteroatoms. The lowest BCUT2D eigenvalue weighted by atomic mass is 10.1. The van der Waals surface area contributed by atoms with Gasteiger partial charge in [-0.05, 0) is 52.0 Å². The van der Waals surface area contributed by atoms with E-state index >= 15 is 0 Å². The molecular weight excluding hydrogens is 324 g/mol. The molecule has 2 nitrogen and oxygen atoms in total. The maximum Gasteiger partial charge on any atom is 0.194 e. The van der Waals surface area contributed by atoms with E-state index in [0.29, 0.717) is 4.90 Å². The zero-order valence-electron chi connectivity index (χ0n) is 14.4. The Morgan fingerprint density at radius 1 is 1.26 bits per heavy atom. The van der Waals surface area contributed by atoms with Crippen LogP contribution in [0.15, 0.2) is 65.1 Å². The fraction of sp³-hybridized carbons (Fsp3) is 0.368. The molecule has 23 heavy (non-hydrogen) atoms. The quantitative estimate of drug-likeness (QED) is 0.470. The van der Waals surface area contributed by atoms with Crippen LogP contribution < -0.4 is 0 Å². The summed E-state index contributed by atoms with van der Waals surface area (Å²) in [7, 11) is -3.37. The summed E-state index contributed by atoms with van der Waals surface area (Å²) >= 11 is 1.32. The second-order valence-electron chi connectivity index (χ2n) is 5.80. The third kappa shape index (κ3) is 6.40. The summed E-state index contributed by atoms with van der Waals surface area (Å²) in [6, 6.07) is 7.00. The normalized spacial score (nSPS) is 13.0. The Hall–Kier alpha value is -1.26. The maximum atomic E-state index is 12.7. The summed E-state index contributed by atoms with van der Waals surface area (Å²) in [5.74, 6) is 0. The van der Waals surface area contributed by atoms with Crippen molar-refractivity contribution in [2.24, 2.45) is 0 Å². The fourth-order valence-electron chi connectivity index (χ4n) is 2.01. The molecule has 1 rings (SSSR count). The van der Waals surface area contributed by atoms with Crippen molar-refractivity contribution in [1.29, 1.82) is 0 Å². The molecule has 0 spiro atoms. The van der Waals surface area contributed by atoms with Gasteiger partial charge in [0.2, 0.25) is 0 Å². The molecule has 1 aromatic rings. The lowest BCUT2D eigenvalue weighted by Gasteiger charge is -2.12. The highest BCUT2D eigenvalue weighted by molar-refractivity contribution is 8.13. The number of sulfone groups is 1. The first-order valence-electron chi connectivity index (χ1n) is 7.60. The van der Waals surface area contributed by atoms with Gasteiger partial charge in [-0.3, -0.25) is 0 Å². The van der Waals surface area contributed by atoms with Gasteiger partial charge in [-0.2, -0.15) is 0 Å². The molecule has 0 fully saturated rings. The van der Waals surface area contributed by atoms with Crippen molar-refractivity contribution >= 4 is 21.6 Å². The van der Waals surface area contributed by atoms with E-state index in [1.54, 1.807) is 18.2 Å². The third-order valence-electron chi connectivity index (χ3n) is 3.39. The minimum absolute atomic E-state index is 0.363. The van der Waals surface area contributed by atoms with E-state index in [-0.39, 0.29) is 0 Å². The summed E-state index contributed by atoms with van der Waals surface area (Å²) in [5.41, 5.74) is 3.28. The predicted octanol–water partition coefficient (Wildman–Crippen LogP) is 5.32. The van der Waals surface area contributed by atoms with Gasteiger partial charge in [0, 0.05) is 0 Å². The molecule has 0 bridgehead atoms. The first-order valence-corrected chi connectivity index (χ1v) is 10.4. The van der Waals surface area contributed by atoms with Crippen molar-refractivity contribution in [3.63, 3.8) is 0 Å². The Kier molecular flexibility index (Phi) is 7.86. The molecule has 126 valence electrons. The highest BCUT2D eigenvalue weighted by Gasteiger charge is 2.24. The topological polar surface area (TPSA) is 34.1 Å². The first-order chi connectivity index (χ1) is 10.8. The molecule has 0 amide bonds. The molecular formula is C19H26O2S2. The summed E-state index contributed by atoms with van der Waals surface area (Å²) < 4.78 is 24.8. The zero-order chi connectivity index (χ0) is 17.5. The summed E-state index contributed by atoms with van der Waals surface area (Å²) in [4.78, 5) is 0.363. The lowest BCUT2D eigenvalue weighted by molar-refractivity contribution is 0.597. The Morgan fingerprint density at radius 3 is 2.39 bits per heavy atom. The lowest BCUT2D eigenvalue weighted by Crippen LogP contribution is -2.15. The van der Waals surface area contributed by atoms with Crippen molar-refractivity contribution in [3.8, 4) is 0 Å². The second kappa shape index (κ2) is 9.14. The van der Waals surface area contributed by atoms with Crippen LogP contribution in [0.5, 0.6) is 0 Å². The van der Waals surface area contributed by atoms with Crippen LogP contribution in [0.25, 0.3) is 0 Å². The average molecular weight is 351 g/mol. The Labute approximate surface area is 145 Å². The van der Waals surface area contributed by atoms with Gasteiger partial charge in [0.05, 0.1) is 4.90 Å². The maximum absolute atomic E-state index is 12.7. The van der Waals surface area contributed by atoms with Crippen molar-refractivity contribution < 1.29 is 8.42 Å². The molecule has 0 aliphatic carbocycles. The van der Waals surface area contributed by atoms with E-state index in [4.69, 9.17) is 0 Å². The Bertz CT molecular complexity index is 677. The van der Waals surface area contributed by atoms with Crippen molar-refractivity contribution in [2.75, 3.05) is 6.26 Å². The van der Waals surface area contributed by atoms with Crippen LogP contribution >= 0.6 is 11.8 Å². The number of hydrogen-bond donors (Lipinski definition) is 0. The molecule has 0 saturated heterocycles. The monoisotopic (exact) mass is 350 g/mol. The molecule has 0 aliphatic heterocycles. The summed E-state index contributed by atoms with van der Waals surface area (Å²) in [5, 5.41) is 0. The first kappa shape index (κ1) is 19.8. The third-order valence-corrected chi connectivity index (χ3v) is 7.05. The number of allylic oxidation sites excluding steroid dienone is 4. The fourth-order valence-corrected chi connectivity index (χ4v) is 4.67.